The van der Waals surface area contributed by atoms with Gasteiger partial charge in [0.1, 0.15) is 17.2 Å². The van der Waals surface area contributed by atoms with Gasteiger partial charge in [0, 0.05) is 37.2 Å². The summed E-state index contributed by atoms with van der Waals surface area (Å²) in [6.45, 7) is 4.22. The molecule has 0 spiro atoms. The molecule has 2 aromatic carbocycles. The van der Waals surface area contributed by atoms with E-state index in [4.69, 9.17) is 16.6 Å². The summed E-state index contributed by atoms with van der Waals surface area (Å²) >= 11 is 6.29. The molecule has 0 unspecified atom stereocenters. The zero-order chi connectivity index (χ0) is 19.8. The standard InChI is InChI=1S/C23H23ClN4/c1-15-6-5-7-16(2)21(15)26-23-22(17-8-11-19(12-9-17)27(3)4)25-20-13-10-18(24)14-28(20)23/h5-14,26H,1-4H3. The molecule has 2 aromatic heterocycles. The van der Waals surface area contributed by atoms with Gasteiger partial charge in [0.15, 0.2) is 0 Å². The van der Waals surface area contributed by atoms with Crippen LogP contribution < -0.4 is 10.2 Å². The minimum atomic E-state index is 0.670. The monoisotopic (exact) mass is 390 g/mol. The van der Waals surface area contributed by atoms with E-state index in [1.54, 1.807) is 0 Å². The van der Waals surface area contributed by atoms with Crippen LogP contribution in [0.1, 0.15) is 11.1 Å². The van der Waals surface area contributed by atoms with Crippen LogP contribution in [0.3, 0.4) is 0 Å². The van der Waals surface area contributed by atoms with Crippen molar-refractivity contribution in [3.63, 3.8) is 0 Å². The summed E-state index contributed by atoms with van der Waals surface area (Å²) in [6, 6.07) is 18.5. The van der Waals surface area contributed by atoms with Gasteiger partial charge in [-0.15, -0.1) is 0 Å². The number of fused-ring (bicyclic) bond motifs is 1. The van der Waals surface area contributed by atoms with E-state index in [0.717, 1.165) is 34.1 Å². The summed E-state index contributed by atoms with van der Waals surface area (Å²) in [4.78, 5) is 6.97. The predicted molar refractivity (Wildman–Crippen MR) is 119 cm³/mol. The van der Waals surface area contributed by atoms with E-state index in [2.05, 4.69) is 66.5 Å². The van der Waals surface area contributed by atoms with Gasteiger partial charge >= 0.3 is 0 Å². The lowest BCUT2D eigenvalue weighted by Crippen LogP contribution is -2.08. The molecule has 4 aromatic rings. The predicted octanol–water partition coefficient (Wildman–Crippen LogP) is 6.08. The van der Waals surface area contributed by atoms with Crippen LogP contribution in [0.2, 0.25) is 5.02 Å². The number of rotatable bonds is 4. The van der Waals surface area contributed by atoms with Crippen molar-refractivity contribution in [2.45, 2.75) is 13.8 Å². The molecular formula is C23H23ClN4. The van der Waals surface area contributed by atoms with E-state index in [1.165, 1.54) is 11.1 Å². The molecule has 0 saturated heterocycles. The normalized spacial score (nSPS) is 11.0. The highest BCUT2D eigenvalue weighted by Crippen LogP contribution is 2.34. The van der Waals surface area contributed by atoms with E-state index in [1.807, 2.05) is 36.8 Å². The van der Waals surface area contributed by atoms with Gasteiger partial charge < -0.3 is 10.2 Å². The number of nitrogens with zero attached hydrogens (tertiary/aromatic N) is 3. The van der Waals surface area contributed by atoms with Crippen molar-refractivity contribution >= 4 is 34.4 Å². The fraction of sp³-hybridized carbons (Fsp3) is 0.174. The molecule has 0 aliphatic rings. The zero-order valence-corrected chi connectivity index (χ0v) is 17.2. The van der Waals surface area contributed by atoms with Gasteiger partial charge in [-0.05, 0) is 49.2 Å². The second kappa shape index (κ2) is 7.21. The Hall–Kier alpha value is -2.98. The number of hydrogen-bond donors (Lipinski definition) is 1. The first-order chi connectivity index (χ1) is 13.4. The van der Waals surface area contributed by atoms with E-state index < -0.39 is 0 Å². The Morgan fingerprint density at radius 2 is 1.61 bits per heavy atom. The third-order valence-electron chi connectivity index (χ3n) is 4.96. The van der Waals surface area contributed by atoms with Crippen molar-refractivity contribution in [2.24, 2.45) is 0 Å². The SMILES string of the molecule is Cc1cccc(C)c1Nc1c(-c2ccc(N(C)C)cc2)nc2ccc(Cl)cn12. The summed E-state index contributed by atoms with van der Waals surface area (Å²) in [7, 11) is 4.08. The smallest absolute Gasteiger partial charge is 0.143 e. The molecule has 0 aliphatic carbocycles. The lowest BCUT2D eigenvalue weighted by Gasteiger charge is -2.15. The molecule has 28 heavy (non-hydrogen) atoms. The van der Waals surface area contributed by atoms with Crippen LogP contribution in [0.15, 0.2) is 60.8 Å². The summed E-state index contributed by atoms with van der Waals surface area (Å²) in [5, 5.41) is 4.30. The second-order valence-electron chi connectivity index (χ2n) is 7.22. The number of aromatic nitrogens is 2. The van der Waals surface area contributed by atoms with Crippen LogP contribution in [0.5, 0.6) is 0 Å². The minimum Gasteiger partial charge on any atom is -0.378 e. The summed E-state index contributed by atoms with van der Waals surface area (Å²) in [5.74, 6) is 0.910. The first kappa shape index (κ1) is 18.4. The van der Waals surface area contributed by atoms with Crippen molar-refractivity contribution < 1.29 is 0 Å². The summed E-state index contributed by atoms with van der Waals surface area (Å²) in [6.07, 6.45) is 1.90. The van der Waals surface area contributed by atoms with Crippen LogP contribution in [0, 0.1) is 13.8 Å². The van der Waals surface area contributed by atoms with Crippen molar-refractivity contribution in [3.05, 3.63) is 76.9 Å². The van der Waals surface area contributed by atoms with Gasteiger partial charge in [-0.25, -0.2) is 4.98 Å². The molecule has 4 rings (SSSR count). The Morgan fingerprint density at radius 1 is 0.929 bits per heavy atom. The number of anilines is 3. The maximum atomic E-state index is 6.29. The first-order valence-corrected chi connectivity index (χ1v) is 9.60. The molecular weight excluding hydrogens is 368 g/mol. The van der Waals surface area contributed by atoms with Crippen molar-refractivity contribution in [3.8, 4) is 11.3 Å². The Morgan fingerprint density at radius 3 is 2.25 bits per heavy atom. The maximum absolute atomic E-state index is 6.29. The van der Waals surface area contributed by atoms with Crippen LogP contribution in [-0.4, -0.2) is 23.5 Å². The van der Waals surface area contributed by atoms with Crippen molar-refractivity contribution in [1.82, 2.24) is 9.38 Å². The van der Waals surface area contributed by atoms with Gasteiger partial charge in [0.05, 0.1) is 5.02 Å². The Labute approximate surface area is 170 Å². The van der Waals surface area contributed by atoms with Crippen LogP contribution in [-0.2, 0) is 0 Å². The van der Waals surface area contributed by atoms with E-state index >= 15 is 0 Å². The number of nitrogens with one attached hydrogen (secondary N) is 1. The quantitative estimate of drug-likeness (QED) is 0.458. The van der Waals surface area contributed by atoms with Gasteiger partial charge in [0.25, 0.3) is 0 Å². The summed E-state index contributed by atoms with van der Waals surface area (Å²) in [5.41, 5.74) is 7.42. The largest absolute Gasteiger partial charge is 0.378 e. The van der Waals surface area contributed by atoms with Crippen LogP contribution >= 0.6 is 11.6 Å². The lowest BCUT2D eigenvalue weighted by atomic mass is 10.1. The average molecular weight is 391 g/mol. The number of aryl methyl sites for hydroxylation is 2. The third kappa shape index (κ3) is 3.32. The molecule has 0 amide bonds. The maximum Gasteiger partial charge on any atom is 0.143 e. The molecule has 0 aliphatic heterocycles. The van der Waals surface area contributed by atoms with Crippen LogP contribution in [0.25, 0.3) is 16.9 Å². The molecule has 0 saturated carbocycles. The van der Waals surface area contributed by atoms with Gasteiger partial charge in [-0.3, -0.25) is 4.40 Å². The number of imidazole rings is 1. The Balaban J connectivity index is 1.90. The van der Waals surface area contributed by atoms with E-state index in [0.29, 0.717) is 5.02 Å². The molecule has 142 valence electrons. The fourth-order valence-corrected chi connectivity index (χ4v) is 3.55. The van der Waals surface area contributed by atoms with Gasteiger partial charge in [-0.1, -0.05) is 41.9 Å². The van der Waals surface area contributed by atoms with Crippen LogP contribution in [0.4, 0.5) is 17.2 Å². The highest BCUT2D eigenvalue weighted by molar-refractivity contribution is 6.30. The molecule has 2 heterocycles. The molecule has 0 radical (unpaired) electrons. The number of hydrogen-bond acceptors (Lipinski definition) is 3. The molecule has 4 nitrogen and oxygen atoms in total. The lowest BCUT2D eigenvalue weighted by molar-refractivity contribution is 1.13. The topological polar surface area (TPSA) is 32.6 Å². The van der Waals surface area contributed by atoms with Crippen molar-refractivity contribution in [1.29, 1.82) is 0 Å². The van der Waals surface area contributed by atoms with E-state index in [9.17, 15) is 0 Å². The van der Waals surface area contributed by atoms with E-state index in [-0.39, 0.29) is 0 Å². The Bertz CT molecular complexity index is 1120. The van der Waals surface area contributed by atoms with Gasteiger partial charge in [0.2, 0.25) is 0 Å². The Kier molecular flexibility index (Phi) is 4.73. The second-order valence-corrected chi connectivity index (χ2v) is 7.65. The van der Waals surface area contributed by atoms with Gasteiger partial charge in [-0.2, -0.15) is 0 Å². The molecule has 1 N–H and O–H groups in total. The molecule has 5 heteroatoms. The third-order valence-corrected chi connectivity index (χ3v) is 5.19. The molecule has 0 atom stereocenters. The zero-order valence-electron chi connectivity index (χ0n) is 16.5. The average Bonchev–Trinajstić information content (AvgIpc) is 3.02. The van der Waals surface area contributed by atoms with Crippen molar-refractivity contribution in [2.75, 3.05) is 24.3 Å². The number of pyridine rings is 1. The number of halogens is 1. The molecule has 0 fully saturated rings. The minimum absolute atomic E-state index is 0.670. The number of benzene rings is 2. The number of para-hydroxylation sites is 1. The highest BCUT2D eigenvalue weighted by atomic mass is 35.5. The summed E-state index contributed by atoms with van der Waals surface area (Å²) < 4.78 is 2.02. The fourth-order valence-electron chi connectivity index (χ4n) is 3.39. The molecule has 0 bridgehead atoms. The highest BCUT2D eigenvalue weighted by Gasteiger charge is 2.16. The first-order valence-electron chi connectivity index (χ1n) is 9.22.